The van der Waals surface area contributed by atoms with Gasteiger partial charge in [0.15, 0.2) is 0 Å². The van der Waals surface area contributed by atoms with Gasteiger partial charge in [-0.2, -0.15) is 0 Å². The molecular formula is C9H20N2O3. The van der Waals surface area contributed by atoms with Gasteiger partial charge >= 0.3 is 0 Å². The van der Waals surface area contributed by atoms with Crippen molar-refractivity contribution < 1.29 is 15.0 Å². The number of hydrogen-bond acceptors (Lipinski definition) is 4. The van der Waals surface area contributed by atoms with Crippen LogP contribution in [0, 0.1) is 5.41 Å². The number of nitrogens with one attached hydrogen (secondary N) is 1. The van der Waals surface area contributed by atoms with Gasteiger partial charge in [0.2, 0.25) is 5.91 Å². The summed E-state index contributed by atoms with van der Waals surface area (Å²) in [5, 5.41) is 20.5. The van der Waals surface area contributed by atoms with Crippen molar-refractivity contribution in [3.05, 3.63) is 0 Å². The second kappa shape index (κ2) is 5.29. The molecule has 5 heteroatoms. The molecule has 0 rings (SSSR count). The maximum absolute atomic E-state index is 11.1. The summed E-state index contributed by atoms with van der Waals surface area (Å²) in [5.41, 5.74) is 4.90. The molecule has 0 aliphatic heterocycles. The Bertz CT molecular complexity index is 189. The Labute approximate surface area is 84.3 Å². The van der Waals surface area contributed by atoms with Crippen LogP contribution in [0.15, 0.2) is 0 Å². The molecular weight excluding hydrogens is 184 g/mol. The molecule has 0 aliphatic carbocycles. The molecule has 0 spiro atoms. The van der Waals surface area contributed by atoms with Gasteiger partial charge in [-0.15, -0.1) is 0 Å². The molecule has 0 aromatic heterocycles. The van der Waals surface area contributed by atoms with Gasteiger partial charge < -0.3 is 21.3 Å². The van der Waals surface area contributed by atoms with Crippen molar-refractivity contribution in [1.29, 1.82) is 0 Å². The molecule has 5 nitrogen and oxygen atoms in total. The molecule has 1 amide bonds. The first-order valence-corrected chi connectivity index (χ1v) is 4.60. The molecule has 2 atom stereocenters. The summed E-state index contributed by atoms with van der Waals surface area (Å²) in [6.45, 7) is 5.45. The number of primary amides is 1. The summed E-state index contributed by atoms with van der Waals surface area (Å²) in [7, 11) is 0. The number of carbonyl (C=O) groups is 1. The third kappa shape index (κ3) is 4.55. The van der Waals surface area contributed by atoms with Gasteiger partial charge in [0, 0.05) is 6.54 Å². The van der Waals surface area contributed by atoms with Crippen molar-refractivity contribution in [2.45, 2.75) is 32.9 Å². The average molecular weight is 204 g/mol. The van der Waals surface area contributed by atoms with Crippen LogP contribution in [0.1, 0.15) is 20.8 Å². The highest BCUT2D eigenvalue weighted by Gasteiger charge is 2.29. The van der Waals surface area contributed by atoms with Gasteiger partial charge in [-0.1, -0.05) is 20.8 Å². The SMILES string of the molecule is CC(C)(C)[C@H](NC[C@H](O)CO)C(N)=O. The lowest BCUT2D eigenvalue weighted by molar-refractivity contribution is -0.122. The first-order chi connectivity index (χ1) is 6.29. The summed E-state index contributed by atoms with van der Waals surface area (Å²) in [6.07, 6.45) is -0.862. The highest BCUT2D eigenvalue weighted by atomic mass is 16.3. The van der Waals surface area contributed by atoms with E-state index in [1.54, 1.807) is 0 Å². The van der Waals surface area contributed by atoms with E-state index in [0.717, 1.165) is 0 Å². The molecule has 0 heterocycles. The summed E-state index contributed by atoms with van der Waals surface area (Å²) in [6, 6.07) is -0.510. The van der Waals surface area contributed by atoms with Crippen LogP contribution in [0.5, 0.6) is 0 Å². The molecule has 0 saturated carbocycles. The number of rotatable bonds is 5. The van der Waals surface area contributed by atoms with Gasteiger partial charge in [0.25, 0.3) is 0 Å². The van der Waals surface area contributed by atoms with Gasteiger partial charge in [-0.05, 0) is 5.41 Å². The lowest BCUT2D eigenvalue weighted by Gasteiger charge is -2.29. The standard InChI is InChI=1S/C9H20N2O3/c1-9(2,3)7(8(10)14)11-4-6(13)5-12/h6-7,11-13H,4-5H2,1-3H3,(H2,10,14)/t6-,7+/m0/s1. The minimum atomic E-state index is -0.862. The fourth-order valence-corrected chi connectivity index (χ4v) is 1.15. The Morgan fingerprint density at radius 1 is 1.50 bits per heavy atom. The van der Waals surface area contributed by atoms with E-state index in [0.29, 0.717) is 0 Å². The summed E-state index contributed by atoms with van der Waals surface area (Å²) >= 11 is 0. The molecule has 84 valence electrons. The molecule has 0 aromatic carbocycles. The van der Waals surface area contributed by atoms with Crippen molar-refractivity contribution in [1.82, 2.24) is 5.32 Å². The van der Waals surface area contributed by atoms with Crippen molar-refractivity contribution in [3.8, 4) is 0 Å². The van der Waals surface area contributed by atoms with Crippen LogP contribution in [-0.4, -0.2) is 41.4 Å². The number of aliphatic hydroxyl groups excluding tert-OH is 2. The van der Waals surface area contributed by atoms with E-state index in [4.69, 9.17) is 15.9 Å². The molecule has 0 radical (unpaired) electrons. The van der Waals surface area contributed by atoms with Crippen molar-refractivity contribution in [2.75, 3.05) is 13.2 Å². The van der Waals surface area contributed by atoms with Crippen LogP contribution in [0.25, 0.3) is 0 Å². The first-order valence-electron chi connectivity index (χ1n) is 4.60. The highest BCUT2D eigenvalue weighted by Crippen LogP contribution is 2.18. The summed E-state index contributed by atoms with van der Waals surface area (Å²) in [5.74, 6) is -0.456. The van der Waals surface area contributed by atoms with Crippen LogP contribution in [0.2, 0.25) is 0 Å². The van der Waals surface area contributed by atoms with Gasteiger partial charge in [0.1, 0.15) is 0 Å². The molecule has 0 fully saturated rings. The van der Waals surface area contributed by atoms with E-state index in [1.807, 2.05) is 20.8 Å². The van der Waals surface area contributed by atoms with Gasteiger partial charge in [-0.3, -0.25) is 4.79 Å². The molecule has 0 bridgehead atoms. The second-order valence-corrected chi connectivity index (χ2v) is 4.45. The number of aliphatic hydroxyl groups is 2. The van der Waals surface area contributed by atoms with Crippen LogP contribution >= 0.6 is 0 Å². The monoisotopic (exact) mass is 204 g/mol. The maximum atomic E-state index is 11.1. The van der Waals surface area contributed by atoms with E-state index >= 15 is 0 Å². The van der Waals surface area contributed by atoms with Gasteiger partial charge in [0.05, 0.1) is 18.8 Å². The number of carbonyl (C=O) groups excluding carboxylic acids is 1. The van der Waals surface area contributed by atoms with E-state index < -0.39 is 18.1 Å². The minimum absolute atomic E-state index is 0.154. The Kier molecular flexibility index (Phi) is 5.04. The van der Waals surface area contributed by atoms with E-state index in [2.05, 4.69) is 5.32 Å². The smallest absolute Gasteiger partial charge is 0.235 e. The number of nitrogens with two attached hydrogens (primary N) is 1. The van der Waals surface area contributed by atoms with Crippen LogP contribution < -0.4 is 11.1 Å². The Morgan fingerprint density at radius 3 is 2.29 bits per heavy atom. The second-order valence-electron chi connectivity index (χ2n) is 4.45. The van der Waals surface area contributed by atoms with Crippen LogP contribution in [0.4, 0.5) is 0 Å². The Morgan fingerprint density at radius 2 is 2.00 bits per heavy atom. The van der Waals surface area contributed by atoms with E-state index in [9.17, 15) is 4.79 Å². The average Bonchev–Trinajstić information content (AvgIpc) is 2.01. The number of hydrogen-bond donors (Lipinski definition) is 4. The fourth-order valence-electron chi connectivity index (χ4n) is 1.15. The molecule has 0 unspecified atom stereocenters. The first kappa shape index (κ1) is 13.4. The Balaban J connectivity index is 4.19. The molecule has 0 aromatic rings. The normalized spacial score (nSPS) is 16.4. The lowest BCUT2D eigenvalue weighted by Crippen LogP contribution is -2.52. The minimum Gasteiger partial charge on any atom is -0.394 e. The Hall–Kier alpha value is -0.650. The van der Waals surface area contributed by atoms with Gasteiger partial charge in [-0.25, -0.2) is 0 Å². The van der Waals surface area contributed by atoms with Crippen molar-refractivity contribution in [2.24, 2.45) is 11.1 Å². The fraction of sp³-hybridized carbons (Fsp3) is 0.889. The maximum Gasteiger partial charge on any atom is 0.235 e. The summed E-state index contributed by atoms with van der Waals surface area (Å²) < 4.78 is 0. The van der Waals surface area contributed by atoms with E-state index in [-0.39, 0.29) is 18.6 Å². The van der Waals surface area contributed by atoms with E-state index in [1.165, 1.54) is 0 Å². The molecule has 0 saturated heterocycles. The van der Waals surface area contributed by atoms with Crippen LogP contribution in [0.3, 0.4) is 0 Å². The predicted octanol–water partition coefficient (Wildman–Crippen LogP) is -1.17. The highest BCUT2D eigenvalue weighted by molar-refractivity contribution is 5.80. The van der Waals surface area contributed by atoms with Crippen molar-refractivity contribution >= 4 is 5.91 Å². The topological polar surface area (TPSA) is 95.6 Å². The molecule has 14 heavy (non-hydrogen) atoms. The zero-order valence-corrected chi connectivity index (χ0v) is 8.95. The molecule has 0 aliphatic rings. The number of amides is 1. The van der Waals surface area contributed by atoms with Crippen LogP contribution in [-0.2, 0) is 4.79 Å². The molecule has 5 N–H and O–H groups in total. The quantitative estimate of drug-likeness (QED) is 0.454. The lowest BCUT2D eigenvalue weighted by atomic mass is 9.86. The zero-order valence-electron chi connectivity index (χ0n) is 8.95. The third-order valence-corrected chi connectivity index (χ3v) is 1.92. The third-order valence-electron chi connectivity index (χ3n) is 1.92. The summed E-state index contributed by atoms with van der Waals surface area (Å²) in [4.78, 5) is 11.1. The largest absolute Gasteiger partial charge is 0.394 e. The predicted molar refractivity (Wildman–Crippen MR) is 53.5 cm³/mol. The van der Waals surface area contributed by atoms with Crippen molar-refractivity contribution in [3.63, 3.8) is 0 Å². The zero-order chi connectivity index (χ0) is 11.4.